The van der Waals surface area contributed by atoms with Gasteiger partial charge in [-0.1, -0.05) is 32.0 Å². The van der Waals surface area contributed by atoms with Gasteiger partial charge < -0.3 is 5.32 Å². The highest BCUT2D eigenvalue weighted by molar-refractivity contribution is 5.35. The quantitative estimate of drug-likeness (QED) is 0.771. The Morgan fingerprint density at radius 3 is 2.79 bits per heavy atom. The van der Waals surface area contributed by atoms with Gasteiger partial charge in [-0.2, -0.15) is 0 Å². The Labute approximate surface area is 86.5 Å². The van der Waals surface area contributed by atoms with Gasteiger partial charge in [-0.05, 0) is 36.0 Å². The zero-order valence-electron chi connectivity index (χ0n) is 9.14. The molecule has 1 heteroatoms. The molecule has 0 spiro atoms. The fourth-order valence-corrected chi connectivity index (χ4v) is 2.06. The molecular formula is C13H19N. The Bertz CT molecular complexity index is 315. The minimum Gasteiger partial charge on any atom is -0.310 e. The van der Waals surface area contributed by atoms with Gasteiger partial charge in [0.25, 0.3) is 0 Å². The Hall–Kier alpha value is -0.820. The molecule has 76 valence electrons. The summed E-state index contributed by atoms with van der Waals surface area (Å²) in [4.78, 5) is 0. The first-order valence-corrected chi connectivity index (χ1v) is 5.60. The molecule has 0 saturated carbocycles. The van der Waals surface area contributed by atoms with Crippen LogP contribution in [-0.2, 0) is 19.4 Å². The van der Waals surface area contributed by atoms with Crippen LogP contribution in [-0.4, -0.2) is 6.04 Å². The van der Waals surface area contributed by atoms with Gasteiger partial charge in [0.05, 0.1) is 0 Å². The lowest BCUT2D eigenvalue weighted by molar-refractivity contribution is 0.588. The summed E-state index contributed by atoms with van der Waals surface area (Å²) in [5.74, 6) is 0. The highest BCUT2D eigenvalue weighted by Crippen LogP contribution is 2.22. The average molecular weight is 189 g/mol. The fraction of sp³-hybridized carbons (Fsp3) is 0.538. The minimum atomic E-state index is 0.572. The van der Waals surface area contributed by atoms with Crippen LogP contribution in [0.4, 0.5) is 0 Å². The van der Waals surface area contributed by atoms with Gasteiger partial charge in [-0.15, -0.1) is 0 Å². The van der Waals surface area contributed by atoms with Crippen molar-refractivity contribution >= 4 is 0 Å². The zero-order chi connectivity index (χ0) is 9.97. The number of benzene rings is 1. The largest absolute Gasteiger partial charge is 0.310 e. The molecule has 0 aromatic heterocycles. The van der Waals surface area contributed by atoms with E-state index in [1.807, 2.05) is 0 Å². The van der Waals surface area contributed by atoms with Crippen LogP contribution in [0.5, 0.6) is 0 Å². The third-order valence-electron chi connectivity index (χ3n) is 2.88. The van der Waals surface area contributed by atoms with E-state index in [-0.39, 0.29) is 0 Å². The molecular weight excluding hydrogens is 170 g/mol. The zero-order valence-corrected chi connectivity index (χ0v) is 9.14. The summed E-state index contributed by atoms with van der Waals surface area (Å²) in [7, 11) is 0. The highest BCUT2D eigenvalue weighted by Gasteiger charge is 2.10. The summed E-state index contributed by atoms with van der Waals surface area (Å²) in [6.45, 7) is 5.38. The van der Waals surface area contributed by atoms with E-state index in [0.717, 1.165) is 6.54 Å². The molecule has 0 bridgehead atoms. The number of hydrogen-bond donors (Lipinski definition) is 1. The average Bonchev–Trinajstić information content (AvgIpc) is 2.61. The van der Waals surface area contributed by atoms with Crippen LogP contribution in [0.2, 0.25) is 0 Å². The topological polar surface area (TPSA) is 12.0 Å². The van der Waals surface area contributed by atoms with Crippen molar-refractivity contribution in [3.05, 3.63) is 34.9 Å². The van der Waals surface area contributed by atoms with Crippen LogP contribution in [0, 0.1) is 0 Å². The third kappa shape index (κ3) is 2.16. The molecule has 0 saturated heterocycles. The first-order chi connectivity index (χ1) is 6.75. The molecule has 0 heterocycles. The van der Waals surface area contributed by atoms with Crippen molar-refractivity contribution in [1.29, 1.82) is 0 Å². The molecule has 0 fully saturated rings. The van der Waals surface area contributed by atoms with Gasteiger partial charge in [0.2, 0.25) is 0 Å². The molecule has 14 heavy (non-hydrogen) atoms. The Balaban J connectivity index is 2.05. The molecule has 0 aliphatic heterocycles. The first-order valence-electron chi connectivity index (χ1n) is 5.60. The molecule has 1 aliphatic rings. The van der Waals surface area contributed by atoms with Gasteiger partial charge in [0.1, 0.15) is 0 Å². The summed E-state index contributed by atoms with van der Waals surface area (Å²) in [6.07, 6.45) is 3.91. The van der Waals surface area contributed by atoms with Crippen LogP contribution in [0.1, 0.15) is 37.0 Å². The van der Waals surface area contributed by atoms with E-state index >= 15 is 0 Å². The molecule has 0 amide bonds. The van der Waals surface area contributed by atoms with Gasteiger partial charge in [-0.25, -0.2) is 0 Å². The van der Waals surface area contributed by atoms with E-state index in [1.54, 1.807) is 11.1 Å². The molecule has 2 rings (SSSR count). The number of fused-ring (bicyclic) bond motifs is 1. The SMILES string of the molecule is CC(C)NCc1ccc2c(c1)CCC2. The van der Waals surface area contributed by atoms with Crippen molar-refractivity contribution in [2.75, 3.05) is 0 Å². The predicted molar refractivity (Wildman–Crippen MR) is 60.4 cm³/mol. The van der Waals surface area contributed by atoms with Crippen molar-refractivity contribution in [1.82, 2.24) is 5.32 Å². The van der Waals surface area contributed by atoms with E-state index < -0.39 is 0 Å². The van der Waals surface area contributed by atoms with E-state index in [1.165, 1.54) is 24.8 Å². The minimum absolute atomic E-state index is 0.572. The lowest BCUT2D eigenvalue weighted by atomic mass is 10.1. The molecule has 1 aliphatic carbocycles. The number of nitrogens with one attached hydrogen (secondary N) is 1. The second kappa shape index (κ2) is 4.14. The lowest BCUT2D eigenvalue weighted by Crippen LogP contribution is -2.21. The predicted octanol–water partition coefficient (Wildman–Crippen LogP) is 2.67. The van der Waals surface area contributed by atoms with Crippen molar-refractivity contribution in [3.63, 3.8) is 0 Å². The highest BCUT2D eigenvalue weighted by atomic mass is 14.9. The number of hydrogen-bond acceptors (Lipinski definition) is 1. The molecule has 0 radical (unpaired) electrons. The lowest BCUT2D eigenvalue weighted by Gasteiger charge is -2.09. The van der Waals surface area contributed by atoms with Crippen molar-refractivity contribution in [2.24, 2.45) is 0 Å². The van der Waals surface area contributed by atoms with Crippen molar-refractivity contribution in [3.8, 4) is 0 Å². The number of aryl methyl sites for hydroxylation is 2. The first kappa shape index (κ1) is 9.72. The summed E-state index contributed by atoms with van der Waals surface area (Å²) >= 11 is 0. The molecule has 1 aromatic carbocycles. The van der Waals surface area contributed by atoms with Crippen LogP contribution in [0.3, 0.4) is 0 Å². The summed E-state index contributed by atoms with van der Waals surface area (Å²) in [5, 5.41) is 3.45. The molecule has 1 N–H and O–H groups in total. The molecule has 1 nitrogen and oxygen atoms in total. The number of rotatable bonds is 3. The van der Waals surface area contributed by atoms with E-state index in [0.29, 0.717) is 6.04 Å². The second-order valence-electron chi connectivity index (χ2n) is 4.49. The van der Waals surface area contributed by atoms with Crippen molar-refractivity contribution < 1.29 is 0 Å². The van der Waals surface area contributed by atoms with Gasteiger partial charge in [0, 0.05) is 12.6 Å². The maximum atomic E-state index is 3.45. The standard InChI is InChI=1S/C13H19N/c1-10(2)14-9-11-6-7-12-4-3-5-13(12)8-11/h6-8,10,14H,3-5,9H2,1-2H3. The third-order valence-corrected chi connectivity index (χ3v) is 2.88. The van der Waals surface area contributed by atoms with Crippen LogP contribution in [0.15, 0.2) is 18.2 Å². The maximum absolute atomic E-state index is 3.45. The molecule has 1 aromatic rings. The van der Waals surface area contributed by atoms with E-state index in [4.69, 9.17) is 0 Å². The second-order valence-corrected chi connectivity index (χ2v) is 4.49. The smallest absolute Gasteiger partial charge is 0.0207 e. The van der Waals surface area contributed by atoms with Gasteiger partial charge >= 0.3 is 0 Å². The van der Waals surface area contributed by atoms with E-state index in [9.17, 15) is 0 Å². The fourth-order valence-electron chi connectivity index (χ4n) is 2.06. The van der Waals surface area contributed by atoms with Crippen LogP contribution >= 0.6 is 0 Å². The van der Waals surface area contributed by atoms with Crippen LogP contribution in [0.25, 0.3) is 0 Å². The van der Waals surface area contributed by atoms with Crippen molar-refractivity contribution in [2.45, 2.75) is 45.7 Å². The normalized spacial score (nSPS) is 14.8. The van der Waals surface area contributed by atoms with Gasteiger partial charge in [0.15, 0.2) is 0 Å². The summed E-state index contributed by atoms with van der Waals surface area (Å²) in [5.41, 5.74) is 4.57. The Kier molecular flexibility index (Phi) is 2.87. The Morgan fingerprint density at radius 2 is 2.00 bits per heavy atom. The molecule has 0 unspecified atom stereocenters. The summed E-state index contributed by atoms with van der Waals surface area (Å²) < 4.78 is 0. The summed E-state index contributed by atoms with van der Waals surface area (Å²) in [6, 6.07) is 7.51. The van der Waals surface area contributed by atoms with Gasteiger partial charge in [-0.3, -0.25) is 0 Å². The van der Waals surface area contributed by atoms with E-state index in [2.05, 4.69) is 37.4 Å². The maximum Gasteiger partial charge on any atom is 0.0207 e. The monoisotopic (exact) mass is 189 g/mol. The molecule has 0 atom stereocenters. The Morgan fingerprint density at radius 1 is 1.21 bits per heavy atom. The van der Waals surface area contributed by atoms with Crippen LogP contribution < -0.4 is 5.32 Å².